The molecule has 0 aliphatic carbocycles. The summed E-state index contributed by atoms with van der Waals surface area (Å²) in [6.45, 7) is 5.42. The van der Waals surface area contributed by atoms with E-state index in [0.29, 0.717) is 12.1 Å². The molecule has 1 aromatic carbocycles. The summed E-state index contributed by atoms with van der Waals surface area (Å²) >= 11 is 8.02. The second-order valence-corrected chi connectivity index (χ2v) is 9.69. The number of halogens is 1. The van der Waals surface area contributed by atoms with Gasteiger partial charge in [0.2, 0.25) is 0 Å². The van der Waals surface area contributed by atoms with Gasteiger partial charge in [-0.25, -0.2) is 4.79 Å². The van der Waals surface area contributed by atoms with Crippen LogP contribution >= 0.6 is 22.9 Å². The number of nitrogens with one attached hydrogen (secondary N) is 1. The summed E-state index contributed by atoms with van der Waals surface area (Å²) in [7, 11) is 0. The molecule has 0 atom stereocenters. The standard InChI is InChI=1S/C22H27ClN4OS/c23-18-9-14-29-21(18)15-25-10-5-16(6-11-25)26-12-7-17(8-13-26)27-20-4-2-1-3-19(20)24-22(27)28/h1-4,9,14,16-17H,5-8,10-13,15H2,(H,24,28). The second kappa shape index (κ2) is 8.26. The molecule has 3 aromatic rings. The highest BCUT2D eigenvalue weighted by molar-refractivity contribution is 7.10. The largest absolute Gasteiger partial charge is 0.326 e. The van der Waals surface area contributed by atoms with E-state index in [4.69, 9.17) is 11.6 Å². The minimum absolute atomic E-state index is 0.0326. The first-order valence-electron chi connectivity index (χ1n) is 10.6. The Hall–Kier alpha value is -1.60. The van der Waals surface area contributed by atoms with Gasteiger partial charge >= 0.3 is 5.69 Å². The Bertz CT molecular complexity index is 1020. The van der Waals surface area contributed by atoms with Gasteiger partial charge in [-0.1, -0.05) is 23.7 Å². The second-order valence-electron chi connectivity index (χ2n) is 8.28. The molecule has 2 aliphatic rings. The Labute approximate surface area is 179 Å². The average Bonchev–Trinajstić information content (AvgIpc) is 3.30. The lowest BCUT2D eigenvalue weighted by Crippen LogP contribution is -2.48. The van der Waals surface area contributed by atoms with Crippen LogP contribution in [0.1, 0.15) is 36.6 Å². The van der Waals surface area contributed by atoms with Gasteiger partial charge in [0.05, 0.1) is 16.1 Å². The fourth-order valence-corrected chi connectivity index (χ4v) is 6.17. The van der Waals surface area contributed by atoms with E-state index in [2.05, 4.69) is 26.2 Å². The van der Waals surface area contributed by atoms with Crippen molar-refractivity contribution in [3.05, 3.63) is 56.1 Å². The van der Waals surface area contributed by atoms with Gasteiger partial charge in [-0.05, 0) is 49.3 Å². The molecule has 2 aromatic heterocycles. The molecular formula is C22H27ClN4OS. The zero-order chi connectivity index (χ0) is 19.8. The van der Waals surface area contributed by atoms with Gasteiger partial charge in [0.25, 0.3) is 0 Å². The van der Waals surface area contributed by atoms with E-state index in [0.717, 1.165) is 61.6 Å². The number of nitrogens with zero attached hydrogens (tertiary/aromatic N) is 3. The zero-order valence-electron chi connectivity index (χ0n) is 16.5. The maximum absolute atomic E-state index is 12.5. The number of aromatic nitrogens is 2. The molecular weight excluding hydrogens is 404 g/mol. The quantitative estimate of drug-likeness (QED) is 0.669. The number of piperidine rings is 2. The van der Waals surface area contributed by atoms with Crippen molar-refractivity contribution < 1.29 is 0 Å². The number of rotatable bonds is 4. The van der Waals surface area contributed by atoms with E-state index in [-0.39, 0.29) is 5.69 Å². The summed E-state index contributed by atoms with van der Waals surface area (Å²) in [4.78, 5) is 22.0. The van der Waals surface area contributed by atoms with Crippen LogP contribution in [0.25, 0.3) is 11.0 Å². The summed E-state index contributed by atoms with van der Waals surface area (Å²) in [6, 6.07) is 11.0. The van der Waals surface area contributed by atoms with Crippen molar-refractivity contribution in [3.8, 4) is 0 Å². The van der Waals surface area contributed by atoms with Crippen LogP contribution in [0, 0.1) is 0 Å². The first-order chi connectivity index (χ1) is 14.2. The van der Waals surface area contributed by atoms with Gasteiger partial charge in [0.15, 0.2) is 0 Å². The van der Waals surface area contributed by atoms with Crippen LogP contribution in [0.5, 0.6) is 0 Å². The highest BCUT2D eigenvalue weighted by atomic mass is 35.5. The number of imidazole rings is 1. The van der Waals surface area contributed by atoms with Gasteiger partial charge in [0, 0.05) is 49.7 Å². The van der Waals surface area contributed by atoms with E-state index in [1.165, 1.54) is 17.7 Å². The lowest BCUT2D eigenvalue weighted by molar-refractivity contribution is 0.0773. The number of likely N-dealkylation sites (tertiary alicyclic amines) is 2. The summed E-state index contributed by atoms with van der Waals surface area (Å²) in [5.74, 6) is 0. The van der Waals surface area contributed by atoms with E-state index in [1.807, 2.05) is 28.8 Å². The lowest BCUT2D eigenvalue weighted by atomic mass is 9.97. The van der Waals surface area contributed by atoms with E-state index >= 15 is 0 Å². The SMILES string of the molecule is O=c1[nH]c2ccccc2n1C1CCN(C2CCN(Cc3sccc3Cl)CC2)CC1. The fourth-order valence-electron chi connectivity index (χ4n) is 5.03. The molecule has 1 N–H and O–H groups in total. The normalized spacial score (nSPS) is 20.6. The molecule has 0 spiro atoms. The number of fused-ring (bicyclic) bond motifs is 1. The molecule has 29 heavy (non-hydrogen) atoms. The number of hydrogen-bond donors (Lipinski definition) is 1. The zero-order valence-corrected chi connectivity index (χ0v) is 18.1. The Morgan fingerprint density at radius 2 is 1.72 bits per heavy atom. The molecule has 4 heterocycles. The molecule has 0 saturated carbocycles. The molecule has 0 radical (unpaired) electrons. The van der Waals surface area contributed by atoms with Crippen LogP contribution in [0.4, 0.5) is 0 Å². The van der Waals surface area contributed by atoms with Gasteiger partial charge in [0.1, 0.15) is 0 Å². The topological polar surface area (TPSA) is 44.3 Å². The third-order valence-electron chi connectivity index (χ3n) is 6.62. The predicted molar refractivity (Wildman–Crippen MR) is 120 cm³/mol. The predicted octanol–water partition coefficient (Wildman–Crippen LogP) is 4.35. The van der Waals surface area contributed by atoms with Crippen molar-refractivity contribution in [2.45, 2.75) is 44.3 Å². The summed E-state index contributed by atoms with van der Waals surface area (Å²) in [6.07, 6.45) is 4.54. The van der Waals surface area contributed by atoms with Gasteiger partial charge in [-0.3, -0.25) is 9.47 Å². The maximum atomic E-state index is 12.5. The van der Waals surface area contributed by atoms with Crippen molar-refractivity contribution in [2.75, 3.05) is 26.2 Å². The first-order valence-corrected chi connectivity index (χ1v) is 11.8. The van der Waals surface area contributed by atoms with Crippen molar-refractivity contribution in [1.82, 2.24) is 19.4 Å². The highest BCUT2D eigenvalue weighted by Gasteiger charge is 2.30. The summed E-state index contributed by atoms with van der Waals surface area (Å²) in [5, 5.41) is 2.99. The molecule has 2 aliphatic heterocycles. The maximum Gasteiger partial charge on any atom is 0.326 e. The molecule has 0 unspecified atom stereocenters. The minimum atomic E-state index is 0.0326. The Morgan fingerprint density at radius 3 is 2.45 bits per heavy atom. The van der Waals surface area contributed by atoms with E-state index < -0.39 is 0 Å². The Balaban J connectivity index is 1.17. The Morgan fingerprint density at radius 1 is 1.00 bits per heavy atom. The van der Waals surface area contributed by atoms with Crippen molar-refractivity contribution in [3.63, 3.8) is 0 Å². The monoisotopic (exact) mass is 430 g/mol. The molecule has 0 amide bonds. The van der Waals surface area contributed by atoms with Crippen molar-refractivity contribution in [2.24, 2.45) is 0 Å². The van der Waals surface area contributed by atoms with Gasteiger partial charge in [-0.15, -0.1) is 11.3 Å². The third-order valence-corrected chi connectivity index (χ3v) is 7.99. The van der Waals surface area contributed by atoms with Gasteiger partial charge < -0.3 is 9.88 Å². The molecule has 5 rings (SSSR count). The number of H-pyrrole nitrogens is 1. The fraction of sp³-hybridized carbons (Fsp3) is 0.500. The van der Waals surface area contributed by atoms with Crippen LogP contribution in [0.15, 0.2) is 40.5 Å². The summed E-state index contributed by atoms with van der Waals surface area (Å²) in [5.41, 5.74) is 2.01. The number of aromatic amines is 1. The van der Waals surface area contributed by atoms with Crippen LogP contribution in [-0.4, -0.2) is 51.6 Å². The molecule has 154 valence electrons. The number of benzene rings is 1. The molecule has 5 nitrogen and oxygen atoms in total. The molecule has 2 fully saturated rings. The van der Waals surface area contributed by atoms with Crippen LogP contribution in [0.2, 0.25) is 5.02 Å². The number of thiophene rings is 1. The summed E-state index contributed by atoms with van der Waals surface area (Å²) < 4.78 is 1.99. The molecule has 7 heteroatoms. The van der Waals surface area contributed by atoms with E-state index in [9.17, 15) is 4.79 Å². The minimum Gasteiger partial charge on any atom is -0.306 e. The molecule has 0 bridgehead atoms. The lowest BCUT2D eigenvalue weighted by Gasteiger charge is -2.42. The van der Waals surface area contributed by atoms with Crippen LogP contribution < -0.4 is 5.69 Å². The highest BCUT2D eigenvalue weighted by Crippen LogP contribution is 2.29. The first kappa shape index (κ1) is 19.4. The Kier molecular flexibility index (Phi) is 5.52. The smallest absolute Gasteiger partial charge is 0.306 e. The number of para-hydroxylation sites is 2. The third kappa shape index (κ3) is 3.91. The number of hydrogen-bond acceptors (Lipinski definition) is 4. The van der Waals surface area contributed by atoms with Crippen molar-refractivity contribution in [1.29, 1.82) is 0 Å². The average molecular weight is 431 g/mol. The molecule has 2 saturated heterocycles. The van der Waals surface area contributed by atoms with Crippen LogP contribution in [0.3, 0.4) is 0 Å². The van der Waals surface area contributed by atoms with Crippen LogP contribution in [-0.2, 0) is 6.54 Å². The van der Waals surface area contributed by atoms with E-state index in [1.54, 1.807) is 11.3 Å². The van der Waals surface area contributed by atoms with Gasteiger partial charge in [-0.2, -0.15) is 0 Å². The van der Waals surface area contributed by atoms with Crippen molar-refractivity contribution >= 4 is 34.0 Å².